The largest absolute Gasteiger partial charge is 0.330 e. The number of aliphatic imine (C=N–C) groups is 2. The SMILES string of the molecule is C=C/C=C(\CNCCCCN)CSC(=C)C=N/C(C)=C\N=C. The molecule has 0 aliphatic carbocycles. The first-order chi connectivity index (χ1) is 10.6. The first-order valence-electron chi connectivity index (χ1n) is 7.33. The van der Waals surface area contributed by atoms with Crippen LogP contribution in [-0.2, 0) is 0 Å². The van der Waals surface area contributed by atoms with E-state index in [9.17, 15) is 0 Å². The summed E-state index contributed by atoms with van der Waals surface area (Å²) >= 11 is 1.66. The number of thioether (sulfide) groups is 1. The summed E-state index contributed by atoms with van der Waals surface area (Å²) in [6.07, 6.45) is 9.39. The molecule has 0 amide bonds. The fraction of sp³-hybridized carbons (Fsp3) is 0.412. The molecule has 0 rings (SSSR count). The first kappa shape index (κ1) is 20.6. The van der Waals surface area contributed by atoms with Crippen molar-refractivity contribution < 1.29 is 0 Å². The molecule has 5 heteroatoms. The molecule has 0 aliphatic rings. The zero-order valence-corrected chi connectivity index (χ0v) is 14.4. The Morgan fingerprint density at radius 3 is 2.77 bits per heavy atom. The number of allylic oxidation sites excluding steroid dienone is 4. The van der Waals surface area contributed by atoms with E-state index in [0.29, 0.717) is 0 Å². The van der Waals surface area contributed by atoms with E-state index in [4.69, 9.17) is 5.73 Å². The highest BCUT2D eigenvalue weighted by atomic mass is 32.2. The smallest absolute Gasteiger partial charge is 0.0555 e. The second-order valence-corrected chi connectivity index (χ2v) is 5.80. The maximum atomic E-state index is 5.48. The Morgan fingerprint density at radius 2 is 2.14 bits per heavy atom. The van der Waals surface area contributed by atoms with Crippen molar-refractivity contribution in [2.45, 2.75) is 19.8 Å². The predicted molar refractivity (Wildman–Crippen MR) is 103 cm³/mol. The van der Waals surface area contributed by atoms with Crippen molar-refractivity contribution in [1.29, 1.82) is 0 Å². The Hall–Kier alpha value is -1.43. The fourth-order valence-electron chi connectivity index (χ4n) is 1.53. The highest BCUT2D eigenvalue weighted by Gasteiger charge is 1.99. The maximum Gasteiger partial charge on any atom is 0.0555 e. The van der Waals surface area contributed by atoms with Crippen molar-refractivity contribution in [3.8, 4) is 0 Å². The van der Waals surface area contributed by atoms with Gasteiger partial charge in [0.25, 0.3) is 0 Å². The van der Waals surface area contributed by atoms with Crippen LogP contribution in [0.15, 0.2) is 57.7 Å². The molecule has 0 aromatic heterocycles. The zero-order valence-electron chi connectivity index (χ0n) is 13.6. The minimum absolute atomic E-state index is 0.751. The standard InChI is InChI=1S/C17H28N4S/c1-5-8-17(13-20-10-7-6-9-18)14-22-16(3)12-21-15(2)11-19-4/h5,8,11-12,20H,1,3-4,6-7,9-10,13-14,18H2,2H3/b15-11-,17-8+,21-12?. The first-order valence-corrected chi connectivity index (χ1v) is 8.32. The summed E-state index contributed by atoms with van der Waals surface area (Å²) in [6, 6.07) is 0. The van der Waals surface area contributed by atoms with E-state index in [1.807, 2.05) is 19.1 Å². The van der Waals surface area contributed by atoms with Gasteiger partial charge >= 0.3 is 0 Å². The van der Waals surface area contributed by atoms with Gasteiger partial charge in [0.2, 0.25) is 0 Å². The van der Waals surface area contributed by atoms with Crippen molar-refractivity contribution in [3.05, 3.63) is 47.7 Å². The minimum Gasteiger partial charge on any atom is -0.330 e. The Balaban J connectivity index is 4.16. The summed E-state index contributed by atoms with van der Waals surface area (Å²) in [4.78, 5) is 8.83. The molecule has 0 aromatic rings. The molecule has 0 aliphatic heterocycles. The fourth-order valence-corrected chi connectivity index (χ4v) is 2.23. The number of hydrogen-bond donors (Lipinski definition) is 2. The van der Waals surface area contributed by atoms with Gasteiger partial charge in [-0.25, -0.2) is 0 Å². The third-order valence-corrected chi connectivity index (χ3v) is 3.64. The van der Waals surface area contributed by atoms with E-state index in [-0.39, 0.29) is 0 Å². The third-order valence-electron chi connectivity index (χ3n) is 2.65. The van der Waals surface area contributed by atoms with E-state index in [1.54, 1.807) is 24.2 Å². The molecule has 0 saturated carbocycles. The van der Waals surface area contributed by atoms with Gasteiger partial charge in [-0.2, -0.15) is 0 Å². The van der Waals surface area contributed by atoms with Gasteiger partial charge in [-0.05, 0) is 45.1 Å². The monoisotopic (exact) mass is 320 g/mol. The highest BCUT2D eigenvalue weighted by molar-refractivity contribution is 8.04. The molecule has 0 heterocycles. The van der Waals surface area contributed by atoms with Crippen LogP contribution >= 0.6 is 11.8 Å². The van der Waals surface area contributed by atoms with Gasteiger partial charge in [0, 0.05) is 29.6 Å². The molecule has 4 nitrogen and oxygen atoms in total. The van der Waals surface area contributed by atoms with Crippen LogP contribution in [0, 0.1) is 0 Å². The molecule has 0 unspecified atom stereocenters. The van der Waals surface area contributed by atoms with Crippen molar-refractivity contribution in [2.75, 3.05) is 25.4 Å². The number of nitrogens with zero attached hydrogens (tertiary/aromatic N) is 2. The molecular weight excluding hydrogens is 292 g/mol. The van der Waals surface area contributed by atoms with Gasteiger partial charge in [-0.15, -0.1) is 11.8 Å². The van der Waals surface area contributed by atoms with Crippen molar-refractivity contribution in [3.63, 3.8) is 0 Å². The van der Waals surface area contributed by atoms with E-state index in [2.05, 4.69) is 35.2 Å². The van der Waals surface area contributed by atoms with E-state index < -0.39 is 0 Å². The number of nitrogens with two attached hydrogens (primary N) is 1. The Labute approximate surface area is 139 Å². The zero-order chi connectivity index (χ0) is 16.6. The van der Waals surface area contributed by atoms with Crippen LogP contribution < -0.4 is 11.1 Å². The molecule has 22 heavy (non-hydrogen) atoms. The van der Waals surface area contributed by atoms with E-state index in [0.717, 1.165) is 48.8 Å². The highest BCUT2D eigenvalue weighted by Crippen LogP contribution is 2.16. The number of nitrogens with one attached hydrogen (secondary N) is 1. The van der Waals surface area contributed by atoms with Crippen LogP contribution in [0.1, 0.15) is 19.8 Å². The average Bonchev–Trinajstić information content (AvgIpc) is 2.50. The molecule has 122 valence electrons. The van der Waals surface area contributed by atoms with E-state index >= 15 is 0 Å². The number of rotatable bonds is 13. The molecular formula is C17H28N4S. The molecule has 0 atom stereocenters. The van der Waals surface area contributed by atoms with Gasteiger partial charge in [0.05, 0.1) is 5.70 Å². The van der Waals surface area contributed by atoms with Gasteiger partial charge in [-0.1, -0.05) is 25.3 Å². The van der Waals surface area contributed by atoms with Gasteiger partial charge in [0.1, 0.15) is 0 Å². The average molecular weight is 321 g/mol. The summed E-state index contributed by atoms with van der Waals surface area (Å²) in [5.41, 5.74) is 7.56. The summed E-state index contributed by atoms with van der Waals surface area (Å²) in [5.74, 6) is 0.864. The van der Waals surface area contributed by atoms with Crippen molar-refractivity contribution in [1.82, 2.24) is 5.32 Å². The van der Waals surface area contributed by atoms with Crippen LogP contribution in [0.2, 0.25) is 0 Å². The molecule has 3 N–H and O–H groups in total. The molecule has 0 saturated heterocycles. The van der Waals surface area contributed by atoms with E-state index in [1.165, 1.54) is 5.57 Å². The second-order valence-electron chi connectivity index (χ2n) is 4.70. The van der Waals surface area contributed by atoms with Crippen LogP contribution in [0.25, 0.3) is 0 Å². The molecule has 0 radical (unpaired) electrons. The summed E-state index contributed by atoms with van der Waals surface area (Å²) in [6.45, 7) is 15.6. The van der Waals surface area contributed by atoms with Crippen molar-refractivity contribution in [2.24, 2.45) is 15.7 Å². The molecule has 0 fully saturated rings. The third kappa shape index (κ3) is 12.3. The normalized spacial score (nSPS) is 12.6. The number of hydrogen-bond acceptors (Lipinski definition) is 5. The topological polar surface area (TPSA) is 62.8 Å². The summed E-state index contributed by atoms with van der Waals surface area (Å²) in [5, 5.41) is 3.42. The maximum absolute atomic E-state index is 5.48. The Kier molecular flexibility index (Phi) is 13.6. The summed E-state index contributed by atoms with van der Waals surface area (Å²) < 4.78 is 0. The summed E-state index contributed by atoms with van der Waals surface area (Å²) in [7, 11) is 0. The lowest BCUT2D eigenvalue weighted by Gasteiger charge is -2.08. The second kappa shape index (κ2) is 14.5. The molecule has 0 bridgehead atoms. The quantitative estimate of drug-likeness (QED) is 0.311. The minimum atomic E-state index is 0.751. The predicted octanol–water partition coefficient (Wildman–Crippen LogP) is 3.31. The lowest BCUT2D eigenvalue weighted by Crippen LogP contribution is -2.20. The van der Waals surface area contributed by atoms with Crippen LogP contribution in [0.3, 0.4) is 0 Å². The van der Waals surface area contributed by atoms with Crippen LogP contribution in [0.4, 0.5) is 0 Å². The van der Waals surface area contributed by atoms with Gasteiger partial charge < -0.3 is 11.1 Å². The lowest BCUT2D eigenvalue weighted by molar-refractivity contribution is 0.653. The van der Waals surface area contributed by atoms with Gasteiger partial charge in [-0.3, -0.25) is 9.98 Å². The lowest BCUT2D eigenvalue weighted by atomic mass is 10.2. The Bertz CT molecular complexity index is 436. The molecule has 0 spiro atoms. The number of unbranched alkanes of at least 4 members (excludes halogenated alkanes) is 1. The van der Waals surface area contributed by atoms with Crippen LogP contribution in [0.5, 0.6) is 0 Å². The van der Waals surface area contributed by atoms with Gasteiger partial charge in [0.15, 0.2) is 0 Å². The molecule has 0 aromatic carbocycles. The van der Waals surface area contributed by atoms with Crippen LogP contribution in [-0.4, -0.2) is 38.3 Å². The Morgan fingerprint density at radius 1 is 1.36 bits per heavy atom. The van der Waals surface area contributed by atoms with Crippen molar-refractivity contribution >= 4 is 24.7 Å².